The number of methoxy groups -OCH3 is 1. The molecule has 0 bridgehead atoms. The summed E-state index contributed by atoms with van der Waals surface area (Å²) in [5.74, 6) is 0.186. The lowest BCUT2D eigenvalue weighted by Crippen LogP contribution is -2.39. The van der Waals surface area contributed by atoms with Gasteiger partial charge in [-0.1, -0.05) is 36.4 Å². The Morgan fingerprint density at radius 2 is 1.50 bits per heavy atom. The predicted octanol–water partition coefficient (Wildman–Crippen LogP) is 3.64. The van der Waals surface area contributed by atoms with Crippen molar-refractivity contribution in [1.82, 2.24) is 4.90 Å². The molecule has 4 heteroatoms. The molecule has 0 atom stereocenters. The van der Waals surface area contributed by atoms with E-state index in [1.807, 2.05) is 48.5 Å². The summed E-state index contributed by atoms with van der Waals surface area (Å²) in [7, 11) is 1.59. The molecule has 2 amide bonds. The van der Waals surface area contributed by atoms with Gasteiger partial charge in [0.2, 0.25) is 0 Å². The van der Waals surface area contributed by atoms with Gasteiger partial charge in [-0.25, -0.2) is 0 Å². The van der Waals surface area contributed by atoms with E-state index in [-0.39, 0.29) is 18.4 Å². The number of amides is 2. The van der Waals surface area contributed by atoms with E-state index in [4.69, 9.17) is 4.74 Å². The van der Waals surface area contributed by atoms with Crippen molar-refractivity contribution in [2.45, 2.75) is 6.54 Å². The highest BCUT2D eigenvalue weighted by Crippen LogP contribution is 2.30. The van der Waals surface area contributed by atoms with Crippen molar-refractivity contribution in [1.29, 1.82) is 0 Å². The maximum absolute atomic E-state index is 12.8. The van der Waals surface area contributed by atoms with Gasteiger partial charge in [0, 0.05) is 16.5 Å². The Balaban J connectivity index is 1.79. The molecule has 0 spiro atoms. The summed E-state index contributed by atoms with van der Waals surface area (Å²) in [4.78, 5) is 27.0. The van der Waals surface area contributed by atoms with E-state index in [1.165, 1.54) is 4.90 Å². The van der Waals surface area contributed by atoms with Gasteiger partial charge in [-0.3, -0.25) is 14.5 Å². The normalized spacial score (nSPS) is 13.5. The van der Waals surface area contributed by atoms with Crippen LogP contribution in [0.5, 0.6) is 5.75 Å². The average Bonchev–Trinajstić information content (AvgIpc) is 2.63. The van der Waals surface area contributed by atoms with Gasteiger partial charge in [0.25, 0.3) is 11.8 Å². The highest BCUT2D eigenvalue weighted by Gasteiger charge is 2.32. The van der Waals surface area contributed by atoms with E-state index < -0.39 is 0 Å². The summed E-state index contributed by atoms with van der Waals surface area (Å²) in [5, 5.41) is 1.66. The SMILES string of the molecule is COc1cccc(CN2C(=O)c3cccc4cccc(c34)C2=O)c1. The van der Waals surface area contributed by atoms with Gasteiger partial charge >= 0.3 is 0 Å². The first-order valence-corrected chi connectivity index (χ1v) is 7.70. The molecule has 1 aliphatic heterocycles. The van der Waals surface area contributed by atoms with Crippen LogP contribution in [-0.2, 0) is 6.54 Å². The second kappa shape index (κ2) is 5.49. The van der Waals surface area contributed by atoms with Crippen molar-refractivity contribution in [3.63, 3.8) is 0 Å². The average molecular weight is 317 g/mol. The second-order valence-corrected chi connectivity index (χ2v) is 5.76. The number of benzene rings is 3. The summed E-state index contributed by atoms with van der Waals surface area (Å²) >= 11 is 0. The lowest BCUT2D eigenvalue weighted by Gasteiger charge is -2.27. The summed E-state index contributed by atoms with van der Waals surface area (Å²) in [6, 6.07) is 18.5. The molecule has 4 nitrogen and oxygen atoms in total. The van der Waals surface area contributed by atoms with Crippen molar-refractivity contribution in [3.05, 3.63) is 77.4 Å². The molecule has 0 aliphatic carbocycles. The largest absolute Gasteiger partial charge is 0.497 e. The molecule has 24 heavy (non-hydrogen) atoms. The third-order valence-electron chi connectivity index (χ3n) is 4.33. The van der Waals surface area contributed by atoms with Gasteiger partial charge in [-0.2, -0.15) is 0 Å². The Labute approximate surface area is 139 Å². The van der Waals surface area contributed by atoms with Crippen LogP contribution in [0.15, 0.2) is 60.7 Å². The third kappa shape index (κ3) is 2.15. The molecule has 0 aromatic heterocycles. The number of ether oxygens (including phenoxy) is 1. The summed E-state index contributed by atoms with van der Waals surface area (Å²) in [6.07, 6.45) is 0. The van der Waals surface area contributed by atoms with Crippen molar-refractivity contribution in [2.24, 2.45) is 0 Å². The number of nitrogens with zero attached hydrogens (tertiary/aromatic N) is 1. The van der Waals surface area contributed by atoms with Crippen LogP contribution < -0.4 is 4.74 Å². The van der Waals surface area contributed by atoms with Gasteiger partial charge in [-0.15, -0.1) is 0 Å². The molecule has 0 N–H and O–H groups in total. The zero-order valence-electron chi connectivity index (χ0n) is 13.2. The van der Waals surface area contributed by atoms with Crippen molar-refractivity contribution in [2.75, 3.05) is 7.11 Å². The zero-order valence-corrected chi connectivity index (χ0v) is 13.2. The summed E-state index contributed by atoms with van der Waals surface area (Å²) < 4.78 is 5.21. The van der Waals surface area contributed by atoms with Crippen LogP contribution in [0, 0.1) is 0 Å². The molecule has 0 radical (unpaired) electrons. The Morgan fingerprint density at radius 3 is 2.12 bits per heavy atom. The topological polar surface area (TPSA) is 46.6 Å². The van der Waals surface area contributed by atoms with E-state index in [0.717, 1.165) is 16.3 Å². The van der Waals surface area contributed by atoms with Gasteiger partial charge < -0.3 is 4.74 Å². The summed E-state index contributed by atoms with van der Waals surface area (Å²) in [5.41, 5.74) is 2.00. The van der Waals surface area contributed by atoms with Crippen LogP contribution in [0.2, 0.25) is 0 Å². The maximum atomic E-state index is 12.8. The Morgan fingerprint density at radius 1 is 0.875 bits per heavy atom. The van der Waals surface area contributed by atoms with Crippen LogP contribution in [0.25, 0.3) is 10.8 Å². The zero-order chi connectivity index (χ0) is 16.7. The minimum Gasteiger partial charge on any atom is -0.497 e. The number of hydrogen-bond donors (Lipinski definition) is 0. The molecule has 4 rings (SSSR count). The summed E-state index contributed by atoms with van der Waals surface area (Å²) in [6.45, 7) is 0.222. The molecule has 118 valence electrons. The minimum absolute atomic E-state index is 0.222. The van der Waals surface area contributed by atoms with Crippen LogP contribution in [0.4, 0.5) is 0 Å². The van der Waals surface area contributed by atoms with Gasteiger partial charge in [0.1, 0.15) is 5.75 Å². The van der Waals surface area contributed by atoms with E-state index >= 15 is 0 Å². The number of imide groups is 1. The van der Waals surface area contributed by atoms with Crippen molar-refractivity contribution in [3.8, 4) is 5.75 Å². The highest BCUT2D eigenvalue weighted by atomic mass is 16.5. The van der Waals surface area contributed by atoms with E-state index in [0.29, 0.717) is 16.9 Å². The molecule has 0 unspecified atom stereocenters. The molecule has 1 aliphatic rings. The molecule has 0 saturated carbocycles. The molecule has 3 aromatic rings. The molecule has 1 heterocycles. The van der Waals surface area contributed by atoms with Gasteiger partial charge in [-0.05, 0) is 35.2 Å². The first-order chi connectivity index (χ1) is 11.7. The fourth-order valence-electron chi connectivity index (χ4n) is 3.18. The first kappa shape index (κ1) is 14.5. The fourth-order valence-corrected chi connectivity index (χ4v) is 3.18. The van der Waals surface area contributed by atoms with Gasteiger partial charge in [0.05, 0.1) is 13.7 Å². The number of carbonyl (C=O) groups is 2. The number of hydrogen-bond acceptors (Lipinski definition) is 3. The van der Waals surface area contributed by atoms with E-state index in [9.17, 15) is 9.59 Å². The Bertz CT molecular complexity index is 927. The maximum Gasteiger partial charge on any atom is 0.261 e. The number of carbonyl (C=O) groups excluding carboxylic acids is 2. The van der Waals surface area contributed by atoms with Crippen LogP contribution in [0.1, 0.15) is 26.3 Å². The van der Waals surface area contributed by atoms with Crippen molar-refractivity contribution < 1.29 is 14.3 Å². The van der Waals surface area contributed by atoms with Crippen LogP contribution in [-0.4, -0.2) is 23.8 Å². The van der Waals surface area contributed by atoms with Crippen molar-refractivity contribution >= 4 is 22.6 Å². The molecule has 0 fully saturated rings. The Hall–Kier alpha value is -3.14. The lowest BCUT2D eigenvalue weighted by atomic mass is 9.94. The first-order valence-electron chi connectivity index (χ1n) is 7.70. The Kier molecular flexibility index (Phi) is 3.31. The van der Waals surface area contributed by atoms with E-state index in [2.05, 4.69) is 0 Å². The van der Waals surface area contributed by atoms with Crippen LogP contribution >= 0.6 is 0 Å². The fraction of sp³-hybridized carbons (Fsp3) is 0.100. The van der Waals surface area contributed by atoms with Gasteiger partial charge in [0.15, 0.2) is 0 Å². The molecule has 0 saturated heterocycles. The predicted molar refractivity (Wildman–Crippen MR) is 91.1 cm³/mol. The molecule has 3 aromatic carbocycles. The number of rotatable bonds is 3. The molecular weight excluding hydrogens is 302 g/mol. The highest BCUT2D eigenvalue weighted by molar-refractivity contribution is 6.25. The third-order valence-corrected chi connectivity index (χ3v) is 4.33. The quantitative estimate of drug-likeness (QED) is 0.693. The monoisotopic (exact) mass is 317 g/mol. The minimum atomic E-state index is -0.257. The standard InChI is InChI=1S/C20H15NO3/c1-24-15-8-2-5-13(11-15)12-21-19(22)16-9-3-6-14-7-4-10-17(18(14)16)20(21)23/h2-11H,12H2,1H3. The van der Waals surface area contributed by atoms with Crippen LogP contribution in [0.3, 0.4) is 0 Å². The lowest BCUT2D eigenvalue weighted by molar-refractivity contribution is 0.0598. The molecular formula is C20H15NO3. The second-order valence-electron chi connectivity index (χ2n) is 5.76. The smallest absolute Gasteiger partial charge is 0.261 e. The van der Waals surface area contributed by atoms with E-state index in [1.54, 1.807) is 19.2 Å².